The smallest absolute Gasteiger partial charge is 0.410 e. The highest BCUT2D eigenvalue weighted by Crippen LogP contribution is 2.44. The minimum Gasteiger partial charge on any atom is -0.495 e. The molecule has 1 saturated heterocycles. The third-order valence-electron chi connectivity index (χ3n) is 6.94. The van der Waals surface area contributed by atoms with Crippen molar-refractivity contribution in [3.05, 3.63) is 71.4 Å². The SMILES string of the molecule is COc1ccccc1N1CCN(C(=O)c2cnn3c2N[C@@H](c2ccc(C)cc2)C[C@@H]3C(F)(F)F)CC1. The number of amides is 1. The molecule has 10 heteroatoms. The Morgan fingerprint density at radius 3 is 2.42 bits per heavy atom. The van der Waals surface area contributed by atoms with Gasteiger partial charge >= 0.3 is 6.18 Å². The molecule has 0 radical (unpaired) electrons. The first-order valence-electron chi connectivity index (χ1n) is 11.9. The molecule has 2 aliphatic rings. The Morgan fingerprint density at radius 1 is 1.06 bits per heavy atom. The van der Waals surface area contributed by atoms with Crippen LogP contribution in [0.25, 0.3) is 0 Å². The summed E-state index contributed by atoms with van der Waals surface area (Å²) < 4.78 is 48.4. The number of methoxy groups -OCH3 is 1. The average molecular weight is 500 g/mol. The number of carbonyl (C=O) groups is 1. The van der Waals surface area contributed by atoms with Gasteiger partial charge in [0.25, 0.3) is 5.91 Å². The van der Waals surface area contributed by atoms with Gasteiger partial charge in [-0.1, -0.05) is 42.0 Å². The number of fused-ring (bicyclic) bond motifs is 1. The van der Waals surface area contributed by atoms with Crippen molar-refractivity contribution >= 4 is 17.4 Å². The van der Waals surface area contributed by atoms with Gasteiger partial charge in [0.2, 0.25) is 0 Å². The fourth-order valence-corrected chi connectivity index (χ4v) is 4.95. The van der Waals surface area contributed by atoms with E-state index in [9.17, 15) is 18.0 Å². The van der Waals surface area contributed by atoms with Crippen molar-refractivity contribution in [3.8, 4) is 5.75 Å². The molecule has 1 aromatic heterocycles. The number of carbonyl (C=O) groups excluding carboxylic acids is 1. The maximum Gasteiger partial charge on any atom is 0.410 e. The van der Waals surface area contributed by atoms with E-state index in [-0.39, 0.29) is 23.7 Å². The van der Waals surface area contributed by atoms with Gasteiger partial charge in [0, 0.05) is 32.6 Å². The number of para-hydroxylation sites is 2. The van der Waals surface area contributed by atoms with Gasteiger partial charge in [0.15, 0.2) is 6.04 Å². The molecule has 1 N–H and O–H groups in total. The van der Waals surface area contributed by atoms with E-state index in [1.54, 1.807) is 12.0 Å². The summed E-state index contributed by atoms with van der Waals surface area (Å²) in [5.41, 5.74) is 2.87. The number of nitrogens with zero attached hydrogens (tertiary/aromatic N) is 4. The monoisotopic (exact) mass is 499 g/mol. The zero-order valence-electron chi connectivity index (χ0n) is 20.1. The number of nitrogens with one attached hydrogen (secondary N) is 1. The van der Waals surface area contributed by atoms with E-state index in [1.165, 1.54) is 6.20 Å². The van der Waals surface area contributed by atoms with E-state index < -0.39 is 18.3 Å². The topological polar surface area (TPSA) is 62.6 Å². The molecule has 2 atom stereocenters. The average Bonchev–Trinajstić information content (AvgIpc) is 3.31. The summed E-state index contributed by atoms with van der Waals surface area (Å²) >= 11 is 0. The molecule has 1 amide bonds. The van der Waals surface area contributed by atoms with Crippen LogP contribution in [-0.4, -0.2) is 60.1 Å². The van der Waals surface area contributed by atoms with Crippen LogP contribution in [0.15, 0.2) is 54.7 Å². The summed E-state index contributed by atoms with van der Waals surface area (Å²) in [4.78, 5) is 17.3. The van der Waals surface area contributed by atoms with Crippen LogP contribution in [0, 0.1) is 6.92 Å². The number of aryl methyl sites for hydroxylation is 1. The molecular formula is C26H28F3N5O2. The maximum absolute atomic E-state index is 14.0. The Kier molecular flexibility index (Phi) is 6.27. The fourth-order valence-electron chi connectivity index (χ4n) is 4.95. The lowest BCUT2D eigenvalue weighted by Gasteiger charge is -2.37. The zero-order valence-corrected chi connectivity index (χ0v) is 20.1. The van der Waals surface area contributed by atoms with Gasteiger partial charge < -0.3 is 19.9 Å². The highest BCUT2D eigenvalue weighted by Gasteiger charge is 2.47. The van der Waals surface area contributed by atoms with Crippen LogP contribution < -0.4 is 15.0 Å². The molecule has 5 rings (SSSR count). The van der Waals surface area contributed by atoms with Crippen LogP contribution >= 0.6 is 0 Å². The lowest BCUT2D eigenvalue weighted by atomic mass is 9.96. The number of benzene rings is 2. The predicted molar refractivity (Wildman–Crippen MR) is 131 cm³/mol. The Labute approximate surface area is 207 Å². The molecule has 0 unspecified atom stereocenters. The molecule has 0 bridgehead atoms. The molecule has 0 spiro atoms. The summed E-state index contributed by atoms with van der Waals surface area (Å²) in [6, 6.07) is 12.7. The predicted octanol–water partition coefficient (Wildman–Crippen LogP) is 4.82. The van der Waals surface area contributed by atoms with Crippen molar-refractivity contribution in [3.63, 3.8) is 0 Å². The van der Waals surface area contributed by atoms with Crippen molar-refractivity contribution < 1.29 is 22.7 Å². The summed E-state index contributed by atoms with van der Waals surface area (Å²) in [7, 11) is 1.62. The number of piperazine rings is 1. The van der Waals surface area contributed by atoms with Gasteiger partial charge in [-0.15, -0.1) is 0 Å². The minimum absolute atomic E-state index is 0.117. The van der Waals surface area contributed by atoms with Crippen molar-refractivity contribution in [2.75, 3.05) is 43.5 Å². The lowest BCUT2D eigenvalue weighted by Crippen LogP contribution is -2.49. The number of hydrogen-bond donors (Lipinski definition) is 1. The van der Waals surface area contributed by atoms with Gasteiger partial charge in [-0.25, -0.2) is 4.68 Å². The van der Waals surface area contributed by atoms with E-state index >= 15 is 0 Å². The van der Waals surface area contributed by atoms with Crippen molar-refractivity contribution in [2.45, 2.75) is 31.6 Å². The second-order valence-corrected chi connectivity index (χ2v) is 9.20. The van der Waals surface area contributed by atoms with Crippen LogP contribution in [0.3, 0.4) is 0 Å². The lowest BCUT2D eigenvalue weighted by molar-refractivity contribution is -0.173. The minimum atomic E-state index is -4.49. The van der Waals surface area contributed by atoms with Crippen LogP contribution in [0.2, 0.25) is 0 Å². The van der Waals surface area contributed by atoms with Crippen LogP contribution in [0.1, 0.15) is 40.0 Å². The Hall–Kier alpha value is -3.69. The van der Waals surface area contributed by atoms with Gasteiger partial charge in [0.1, 0.15) is 17.1 Å². The largest absolute Gasteiger partial charge is 0.495 e. The fraction of sp³-hybridized carbons (Fsp3) is 0.385. The Bertz CT molecular complexity index is 1230. The number of ether oxygens (including phenoxy) is 1. The molecule has 1 fully saturated rings. The van der Waals surface area contributed by atoms with Crippen LogP contribution in [0.5, 0.6) is 5.75 Å². The van der Waals surface area contributed by atoms with Gasteiger partial charge in [-0.3, -0.25) is 4.79 Å². The third kappa shape index (κ3) is 4.47. The number of hydrogen-bond acceptors (Lipinski definition) is 5. The highest BCUT2D eigenvalue weighted by molar-refractivity contribution is 5.99. The number of anilines is 2. The standard InChI is InChI=1S/C26H28F3N5O2/c1-17-7-9-18(10-8-17)20-15-23(26(27,28)29)34-24(31-20)19(16-30-34)25(35)33-13-11-32(12-14-33)21-5-3-4-6-22(21)36-2/h3-10,16,20,23,31H,11-15H2,1-2H3/t20-,23-/m1/s1. The van der Waals surface area contributed by atoms with Gasteiger partial charge in [-0.2, -0.15) is 18.3 Å². The Balaban J connectivity index is 1.37. The number of halogens is 3. The first-order chi connectivity index (χ1) is 17.3. The molecule has 2 aromatic carbocycles. The van der Waals surface area contributed by atoms with E-state index in [0.29, 0.717) is 26.2 Å². The Morgan fingerprint density at radius 2 is 1.75 bits per heavy atom. The number of alkyl halides is 3. The number of rotatable bonds is 4. The van der Waals surface area contributed by atoms with Crippen LogP contribution in [0.4, 0.5) is 24.7 Å². The summed E-state index contributed by atoms with van der Waals surface area (Å²) in [5.74, 6) is 0.549. The first kappa shape index (κ1) is 24.0. The van der Waals surface area contributed by atoms with Crippen molar-refractivity contribution in [1.29, 1.82) is 0 Å². The van der Waals surface area contributed by atoms with Crippen LogP contribution in [-0.2, 0) is 0 Å². The van der Waals surface area contributed by atoms with Gasteiger partial charge in [0.05, 0.1) is 25.0 Å². The normalized spacial score (nSPS) is 20.0. The third-order valence-corrected chi connectivity index (χ3v) is 6.94. The molecular weight excluding hydrogens is 471 g/mol. The molecule has 0 saturated carbocycles. The van der Waals surface area contributed by atoms with Crippen molar-refractivity contribution in [1.82, 2.24) is 14.7 Å². The molecule has 3 heterocycles. The summed E-state index contributed by atoms with van der Waals surface area (Å²) in [5, 5.41) is 7.19. The van der Waals surface area contributed by atoms with Crippen molar-refractivity contribution in [2.24, 2.45) is 0 Å². The molecule has 190 valence electrons. The summed E-state index contributed by atoms with van der Waals surface area (Å²) in [6.07, 6.45) is -3.44. The summed E-state index contributed by atoms with van der Waals surface area (Å²) in [6.45, 7) is 3.97. The molecule has 3 aromatic rings. The van der Waals surface area contributed by atoms with Gasteiger partial charge in [-0.05, 0) is 24.6 Å². The second-order valence-electron chi connectivity index (χ2n) is 9.20. The maximum atomic E-state index is 14.0. The first-order valence-corrected chi connectivity index (χ1v) is 11.9. The van der Waals surface area contributed by atoms with E-state index in [2.05, 4.69) is 15.3 Å². The quantitative estimate of drug-likeness (QED) is 0.558. The molecule has 0 aliphatic carbocycles. The zero-order chi connectivity index (χ0) is 25.4. The molecule has 36 heavy (non-hydrogen) atoms. The highest BCUT2D eigenvalue weighted by atomic mass is 19.4. The van der Waals surface area contributed by atoms with E-state index in [0.717, 1.165) is 27.2 Å². The van der Waals surface area contributed by atoms with E-state index in [4.69, 9.17) is 4.74 Å². The molecule has 7 nitrogen and oxygen atoms in total. The van der Waals surface area contributed by atoms with E-state index in [1.807, 2.05) is 55.5 Å². The second kappa shape index (κ2) is 9.40. The number of aromatic nitrogens is 2. The molecule has 2 aliphatic heterocycles.